The molecule has 28 heavy (non-hydrogen) atoms. The van der Waals surface area contributed by atoms with Gasteiger partial charge in [0.25, 0.3) is 0 Å². The SMILES string of the molecule is CC[C@@H](C)Nc1nc(Nc2cccc(C(F)(F)F)c2)cc(-c2ccccn2)n1. The Kier molecular flexibility index (Phi) is 5.77. The van der Waals surface area contributed by atoms with E-state index in [0.717, 1.165) is 18.6 Å². The summed E-state index contributed by atoms with van der Waals surface area (Å²) in [6.07, 6.45) is -1.89. The summed E-state index contributed by atoms with van der Waals surface area (Å²) in [6, 6.07) is 12.2. The molecule has 0 saturated carbocycles. The average Bonchev–Trinajstić information content (AvgIpc) is 2.68. The standard InChI is InChI=1S/C20H20F3N5/c1-3-13(2)25-19-27-17(16-9-4-5-10-24-16)12-18(28-19)26-15-8-6-7-14(11-15)20(21,22)23/h4-13H,3H2,1-2H3,(H2,25,26,27,28)/t13-/m1/s1. The minimum absolute atomic E-state index is 0.139. The number of aromatic nitrogens is 3. The quantitative estimate of drug-likeness (QED) is 0.584. The summed E-state index contributed by atoms with van der Waals surface area (Å²) < 4.78 is 38.9. The van der Waals surface area contributed by atoms with Gasteiger partial charge < -0.3 is 10.6 Å². The molecule has 0 aliphatic rings. The summed E-state index contributed by atoms with van der Waals surface area (Å²) in [5, 5.41) is 6.13. The van der Waals surface area contributed by atoms with Gasteiger partial charge in [-0.25, -0.2) is 4.98 Å². The third-order valence-electron chi connectivity index (χ3n) is 4.10. The van der Waals surface area contributed by atoms with Crippen molar-refractivity contribution >= 4 is 17.5 Å². The van der Waals surface area contributed by atoms with E-state index in [1.54, 1.807) is 24.4 Å². The fraction of sp³-hybridized carbons (Fsp3) is 0.250. The highest BCUT2D eigenvalue weighted by molar-refractivity contribution is 5.65. The zero-order chi connectivity index (χ0) is 20.1. The van der Waals surface area contributed by atoms with Crippen LogP contribution < -0.4 is 10.6 Å². The lowest BCUT2D eigenvalue weighted by molar-refractivity contribution is -0.137. The van der Waals surface area contributed by atoms with Crippen LogP contribution in [-0.4, -0.2) is 21.0 Å². The molecule has 0 aliphatic heterocycles. The number of nitrogens with zero attached hydrogens (tertiary/aromatic N) is 3. The molecular weight excluding hydrogens is 367 g/mol. The van der Waals surface area contributed by atoms with Crippen molar-refractivity contribution in [3.05, 3.63) is 60.3 Å². The van der Waals surface area contributed by atoms with Crippen molar-refractivity contribution in [1.29, 1.82) is 0 Å². The minimum atomic E-state index is -4.41. The summed E-state index contributed by atoms with van der Waals surface area (Å²) in [5.74, 6) is 0.757. The normalized spacial score (nSPS) is 12.5. The highest BCUT2D eigenvalue weighted by atomic mass is 19.4. The highest BCUT2D eigenvalue weighted by Crippen LogP contribution is 2.31. The maximum atomic E-state index is 13.0. The smallest absolute Gasteiger partial charge is 0.352 e. The molecule has 3 rings (SSSR count). The first-order chi connectivity index (χ1) is 13.3. The van der Waals surface area contributed by atoms with Crippen molar-refractivity contribution < 1.29 is 13.2 Å². The highest BCUT2D eigenvalue weighted by Gasteiger charge is 2.30. The molecule has 0 amide bonds. The number of hydrogen-bond acceptors (Lipinski definition) is 5. The second kappa shape index (κ2) is 8.24. The van der Waals surface area contributed by atoms with E-state index in [2.05, 4.69) is 25.6 Å². The molecule has 0 aliphatic carbocycles. The Morgan fingerprint density at radius 2 is 1.82 bits per heavy atom. The molecule has 2 heterocycles. The first-order valence-electron chi connectivity index (χ1n) is 8.86. The third kappa shape index (κ3) is 4.97. The van der Waals surface area contributed by atoms with Gasteiger partial charge in [0, 0.05) is 24.0 Å². The third-order valence-corrected chi connectivity index (χ3v) is 4.10. The Balaban J connectivity index is 1.96. The van der Waals surface area contributed by atoms with Gasteiger partial charge in [0.15, 0.2) is 0 Å². The lowest BCUT2D eigenvalue weighted by atomic mass is 10.2. The molecule has 0 saturated heterocycles. The number of nitrogens with one attached hydrogen (secondary N) is 2. The van der Waals surface area contributed by atoms with Gasteiger partial charge in [-0.15, -0.1) is 0 Å². The van der Waals surface area contributed by atoms with E-state index >= 15 is 0 Å². The molecule has 0 spiro atoms. The van der Waals surface area contributed by atoms with Crippen molar-refractivity contribution in [3.63, 3.8) is 0 Å². The Morgan fingerprint density at radius 1 is 1.00 bits per heavy atom. The van der Waals surface area contributed by atoms with Crippen LogP contribution in [0.5, 0.6) is 0 Å². The second-order valence-corrected chi connectivity index (χ2v) is 6.33. The maximum Gasteiger partial charge on any atom is 0.416 e. The summed E-state index contributed by atoms with van der Waals surface area (Å²) in [5.41, 5.74) is 0.768. The number of benzene rings is 1. The van der Waals surface area contributed by atoms with Crippen molar-refractivity contribution in [1.82, 2.24) is 15.0 Å². The van der Waals surface area contributed by atoms with Crippen molar-refractivity contribution in [3.8, 4) is 11.4 Å². The average molecular weight is 387 g/mol. The first-order valence-corrected chi connectivity index (χ1v) is 8.86. The predicted octanol–water partition coefficient (Wildman–Crippen LogP) is 5.51. The van der Waals surface area contributed by atoms with Gasteiger partial charge >= 0.3 is 6.18 Å². The van der Waals surface area contributed by atoms with Crippen LogP contribution in [0.25, 0.3) is 11.4 Å². The van der Waals surface area contributed by atoms with E-state index < -0.39 is 11.7 Å². The number of hydrogen-bond donors (Lipinski definition) is 2. The molecular formula is C20H20F3N5. The molecule has 1 atom stereocenters. The molecule has 0 unspecified atom stereocenters. The molecule has 146 valence electrons. The lowest BCUT2D eigenvalue weighted by Gasteiger charge is -2.15. The van der Waals surface area contributed by atoms with Crippen molar-refractivity contribution in [2.24, 2.45) is 0 Å². The van der Waals surface area contributed by atoms with Gasteiger partial charge in [-0.1, -0.05) is 19.1 Å². The van der Waals surface area contributed by atoms with Crippen LogP contribution in [0.15, 0.2) is 54.7 Å². The van der Waals surface area contributed by atoms with Crippen LogP contribution >= 0.6 is 0 Å². The van der Waals surface area contributed by atoms with E-state index in [1.165, 1.54) is 6.07 Å². The number of anilines is 3. The molecule has 0 bridgehead atoms. The van der Waals surface area contributed by atoms with Gasteiger partial charge in [-0.3, -0.25) is 4.98 Å². The van der Waals surface area contributed by atoms with Crippen LogP contribution in [0.4, 0.5) is 30.6 Å². The topological polar surface area (TPSA) is 62.7 Å². The van der Waals surface area contributed by atoms with Crippen LogP contribution in [0.1, 0.15) is 25.8 Å². The molecule has 2 aromatic heterocycles. The Morgan fingerprint density at radius 3 is 2.50 bits per heavy atom. The van der Waals surface area contributed by atoms with E-state index in [-0.39, 0.29) is 11.7 Å². The van der Waals surface area contributed by atoms with Gasteiger partial charge in [-0.2, -0.15) is 18.2 Å². The molecule has 8 heteroatoms. The largest absolute Gasteiger partial charge is 0.416 e. The van der Waals surface area contributed by atoms with E-state index in [0.29, 0.717) is 23.2 Å². The Labute approximate surface area is 161 Å². The van der Waals surface area contributed by atoms with Gasteiger partial charge in [0.1, 0.15) is 5.82 Å². The maximum absolute atomic E-state index is 13.0. The van der Waals surface area contributed by atoms with Crippen molar-refractivity contribution in [2.75, 3.05) is 10.6 Å². The first kappa shape index (κ1) is 19.6. The number of alkyl halides is 3. The molecule has 0 fully saturated rings. The summed E-state index contributed by atoms with van der Waals surface area (Å²) in [7, 11) is 0. The molecule has 5 nitrogen and oxygen atoms in total. The molecule has 3 aromatic rings. The monoisotopic (exact) mass is 387 g/mol. The number of rotatable bonds is 6. The zero-order valence-corrected chi connectivity index (χ0v) is 15.5. The predicted molar refractivity (Wildman–Crippen MR) is 103 cm³/mol. The van der Waals surface area contributed by atoms with Gasteiger partial charge in [0.05, 0.1) is 17.0 Å². The molecule has 2 N–H and O–H groups in total. The van der Waals surface area contributed by atoms with E-state index in [9.17, 15) is 13.2 Å². The number of pyridine rings is 1. The fourth-order valence-corrected chi connectivity index (χ4v) is 2.46. The van der Waals surface area contributed by atoms with Crippen molar-refractivity contribution in [2.45, 2.75) is 32.5 Å². The van der Waals surface area contributed by atoms with Crippen LogP contribution in [-0.2, 0) is 6.18 Å². The second-order valence-electron chi connectivity index (χ2n) is 6.33. The summed E-state index contributed by atoms with van der Waals surface area (Å²) >= 11 is 0. The van der Waals surface area contributed by atoms with Crippen LogP contribution in [0.3, 0.4) is 0 Å². The Bertz CT molecular complexity index is 929. The lowest BCUT2D eigenvalue weighted by Crippen LogP contribution is -2.16. The zero-order valence-electron chi connectivity index (χ0n) is 15.5. The van der Waals surface area contributed by atoms with E-state index in [4.69, 9.17) is 0 Å². The van der Waals surface area contributed by atoms with Gasteiger partial charge in [0.2, 0.25) is 5.95 Å². The fourth-order valence-electron chi connectivity index (χ4n) is 2.46. The minimum Gasteiger partial charge on any atom is -0.352 e. The number of halogens is 3. The summed E-state index contributed by atoms with van der Waals surface area (Å²) in [6.45, 7) is 4.03. The van der Waals surface area contributed by atoms with Crippen LogP contribution in [0, 0.1) is 0 Å². The van der Waals surface area contributed by atoms with E-state index in [1.807, 2.05) is 26.0 Å². The summed E-state index contributed by atoms with van der Waals surface area (Å²) in [4.78, 5) is 13.2. The van der Waals surface area contributed by atoms with Gasteiger partial charge in [-0.05, 0) is 43.7 Å². The molecule has 1 aromatic carbocycles. The Hall–Kier alpha value is -3.16. The molecule has 0 radical (unpaired) electrons. The van der Waals surface area contributed by atoms with Crippen LogP contribution in [0.2, 0.25) is 0 Å².